The molecule has 0 spiro atoms. The molecule has 1 fully saturated rings. The highest BCUT2D eigenvalue weighted by Gasteiger charge is 2.22. The Morgan fingerprint density at radius 1 is 1.26 bits per heavy atom. The van der Waals surface area contributed by atoms with Crippen LogP contribution in [0.25, 0.3) is 0 Å². The van der Waals surface area contributed by atoms with Gasteiger partial charge in [-0.15, -0.1) is 0 Å². The van der Waals surface area contributed by atoms with Crippen LogP contribution in [0.5, 0.6) is 0 Å². The molecular weight excluding hydrogens is 288 g/mol. The predicted octanol–water partition coefficient (Wildman–Crippen LogP) is 3.76. The number of carbonyl (C=O) groups is 2. The van der Waals surface area contributed by atoms with Crippen molar-refractivity contribution in [3.63, 3.8) is 0 Å². The van der Waals surface area contributed by atoms with Crippen molar-refractivity contribution in [2.75, 3.05) is 11.4 Å². The fraction of sp³-hybridized carbons (Fsp3) is 0.579. The number of anilines is 1. The molecule has 1 unspecified atom stereocenters. The first-order chi connectivity index (χ1) is 11.0. The molecule has 1 aromatic carbocycles. The minimum Gasteiger partial charge on any atom is -0.350 e. The Morgan fingerprint density at radius 3 is 2.70 bits per heavy atom. The van der Waals surface area contributed by atoms with Gasteiger partial charge in [0.25, 0.3) is 5.91 Å². The molecule has 2 amide bonds. The molecule has 2 rings (SSSR count). The summed E-state index contributed by atoms with van der Waals surface area (Å²) in [5.74, 6) is 0.785. The van der Waals surface area contributed by atoms with Crippen molar-refractivity contribution >= 4 is 17.5 Å². The average Bonchev–Trinajstić information content (AvgIpc) is 2.93. The topological polar surface area (TPSA) is 49.4 Å². The maximum atomic E-state index is 12.4. The van der Waals surface area contributed by atoms with Crippen molar-refractivity contribution in [3.05, 3.63) is 29.8 Å². The van der Waals surface area contributed by atoms with Crippen molar-refractivity contribution < 1.29 is 9.59 Å². The molecule has 1 saturated heterocycles. The SMILES string of the molecule is CC(C)CCCC(C)NC(=O)c1cccc(N2CCCC2=O)c1. The minimum atomic E-state index is -0.0597. The summed E-state index contributed by atoms with van der Waals surface area (Å²) in [5.41, 5.74) is 1.45. The summed E-state index contributed by atoms with van der Waals surface area (Å²) in [6.45, 7) is 7.23. The first kappa shape index (κ1) is 17.5. The van der Waals surface area contributed by atoms with Crippen molar-refractivity contribution in [3.8, 4) is 0 Å². The molecule has 1 aliphatic rings. The van der Waals surface area contributed by atoms with Gasteiger partial charge in [0.2, 0.25) is 5.91 Å². The lowest BCUT2D eigenvalue weighted by atomic mass is 10.0. The summed E-state index contributed by atoms with van der Waals surface area (Å²) in [6, 6.07) is 7.53. The van der Waals surface area contributed by atoms with Crippen LogP contribution in [0, 0.1) is 5.92 Å². The zero-order chi connectivity index (χ0) is 16.8. The van der Waals surface area contributed by atoms with E-state index in [-0.39, 0.29) is 17.9 Å². The van der Waals surface area contributed by atoms with E-state index in [1.807, 2.05) is 25.1 Å². The monoisotopic (exact) mass is 316 g/mol. The Kier molecular flexibility index (Phi) is 6.20. The van der Waals surface area contributed by atoms with Crippen LogP contribution in [0.15, 0.2) is 24.3 Å². The second kappa shape index (κ2) is 8.14. The van der Waals surface area contributed by atoms with Crippen molar-refractivity contribution in [2.45, 2.75) is 58.9 Å². The molecule has 0 aromatic heterocycles. The lowest BCUT2D eigenvalue weighted by molar-refractivity contribution is -0.117. The van der Waals surface area contributed by atoms with Gasteiger partial charge in [0.05, 0.1) is 0 Å². The highest BCUT2D eigenvalue weighted by Crippen LogP contribution is 2.22. The molecule has 126 valence electrons. The normalized spacial score (nSPS) is 16.0. The number of nitrogens with one attached hydrogen (secondary N) is 1. The van der Waals surface area contributed by atoms with E-state index in [0.717, 1.165) is 31.5 Å². The summed E-state index contributed by atoms with van der Waals surface area (Å²) in [5, 5.41) is 3.06. The van der Waals surface area contributed by atoms with Crippen LogP contribution in [0.3, 0.4) is 0 Å². The fourth-order valence-electron chi connectivity index (χ4n) is 2.95. The highest BCUT2D eigenvalue weighted by molar-refractivity contribution is 5.99. The Hall–Kier alpha value is -1.84. The summed E-state index contributed by atoms with van der Waals surface area (Å²) in [6.07, 6.45) is 4.80. The number of carbonyl (C=O) groups excluding carboxylic acids is 2. The van der Waals surface area contributed by atoms with Gasteiger partial charge >= 0.3 is 0 Å². The zero-order valence-corrected chi connectivity index (χ0v) is 14.5. The largest absolute Gasteiger partial charge is 0.350 e. The lowest BCUT2D eigenvalue weighted by Gasteiger charge is -2.18. The van der Waals surface area contributed by atoms with Crippen LogP contribution >= 0.6 is 0 Å². The van der Waals surface area contributed by atoms with E-state index < -0.39 is 0 Å². The van der Waals surface area contributed by atoms with Gasteiger partial charge in [0.15, 0.2) is 0 Å². The first-order valence-corrected chi connectivity index (χ1v) is 8.68. The van der Waals surface area contributed by atoms with Crippen LogP contribution in [-0.2, 0) is 4.79 Å². The van der Waals surface area contributed by atoms with E-state index in [0.29, 0.717) is 17.9 Å². The Bertz CT molecular complexity index is 554. The maximum absolute atomic E-state index is 12.4. The Labute approximate surface area is 139 Å². The minimum absolute atomic E-state index is 0.0597. The van der Waals surface area contributed by atoms with Gasteiger partial charge in [-0.3, -0.25) is 9.59 Å². The molecular formula is C19H28N2O2. The molecule has 0 radical (unpaired) electrons. The molecule has 1 heterocycles. The van der Waals surface area contributed by atoms with Gasteiger partial charge in [0, 0.05) is 30.3 Å². The van der Waals surface area contributed by atoms with Crippen LogP contribution in [0.2, 0.25) is 0 Å². The molecule has 4 heteroatoms. The number of hydrogen-bond acceptors (Lipinski definition) is 2. The predicted molar refractivity (Wildman–Crippen MR) is 93.6 cm³/mol. The zero-order valence-electron chi connectivity index (χ0n) is 14.5. The van der Waals surface area contributed by atoms with E-state index in [4.69, 9.17) is 0 Å². The lowest BCUT2D eigenvalue weighted by Crippen LogP contribution is -2.32. The smallest absolute Gasteiger partial charge is 0.251 e. The summed E-state index contributed by atoms with van der Waals surface area (Å²) < 4.78 is 0. The van der Waals surface area contributed by atoms with Crippen LogP contribution < -0.4 is 10.2 Å². The average molecular weight is 316 g/mol. The maximum Gasteiger partial charge on any atom is 0.251 e. The van der Waals surface area contributed by atoms with Gasteiger partial charge in [-0.25, -0.2) is 0 Å². The van der Waals surface area contributed by atoms with Crippen molar-refractivity contribution in [2.24, 2.45) is 5.92 Å². The summed E-state index contributed by atoms with van der Waals surface area (Å²) in [4.78, 5) is 26.0. The highest BCUT2D eigenvalue weighted by atomic mass is 16.2. The van der Waals surface area contributed by atoms with E-state index in [9.17, 15) is 9.59 Å². The second-order valence-corrected chi connectivity index (χ2v) is 6.90. The van der Waals surface area contributed by atoms with E-state index >= 15 is 0 Å². The number of benzene rings is 1. The molecule has 0 saturated carbocycles. The first-order valence-electron chi connectivity index (χ1n) is 8.68. The number of nitrogens with zero attached hydrogens (tertiary/aromatic N) is 1. The van der Waals surface area contributed by atoms with Crippen LogP contribution in [0.1, 0.15) is 63.2 Å². The van der Waals surface area contributed by atoms with E-state index in [2.05, 4.69) is 19.2 Å². The molecule has 1 aromatic rings. The number of rotatable bonds is 7. The molecule has 1 aliphatic heterocycles. The van der Waals surface area contributed by atoms with Crippen LogP contribution in [-0.4, -0.2) is 24.4 Å². The Balaban J connectivity index is 1.93. The molecule has 4 nitrogen and oxygen atoms in total. The number of amides is 2. The fourth-order valence-corrected chi connectivity index (χ4v) is 2.95. The molecule has 23 heavy (non-hydrogen) atoms. The van der Waals surface area contributed by atoms with Gasteiger partial charge in [0.1, 0.15) is 0 Å². The van der Waals surface area contributed by atoms with Crippen molar-refractivity contribution in [1.82, 2.24) is 5.32 Å². The second-order valence-electron chi connectivity index (χ2n) is 6.90. The third kappa shape index (κ3) is 5.08. The molecule has 0 aliphatic carbocycles. The molecule has 0 bridgehead atoms. The summed E-state index contributed by atoms with van der Waals surface area (Å²) >= 11 is 0. The quantitative estimate of drug-likeness (QED) is 0.832. The van der Waals surface area contributed by atoms with Gasteiger partial charge in [-0.05, 0) is 43.9 Å². The molecule has 1 N–H and O–H groups in total. The third-order valence-corrected chi connectivity index (χ3v) is 4.29. The summed E-state index contributed by atoms with van der Waals surface area (Å²) in [7, 11) is 0. The van der Waals surface area contributed by atoms with Gasteiger partial charge in [-0.2, -0.15) is 0 Å². The standard InChI is InChI=1S/C19H28N2O2/c1-14(2)7-4-8-15(3)20-19(23)16-9-5-10-17(13-16)21-12-6-11-18(21)22/h5,9-10,13-15H,4,6-8,11-12H2,1-3H3,(H,20,23). The van der Waals surface area contributed by atoms with Gasteiger partial charge in [-0.1, -0.05) is 32.8 Å². The van der Waals surface area contributed by atoms with E-state index in [1.165, 1.54) is 6.42 Å². The van der Waals surface area contributed by atoms with E-state index in [1.54, 1.807) is 11.0 Å². The Morgan fingerprint density at radius 2 is 2.04 bits per heavy atom. The molecule has 1 atom stereocenters. The van der Waals surface area contributed by atoms with Crippen LogP contribution in [0.4, 0.5) is 5.69 Å². The number of hydrogen-bond donors (Lipinski definition) is 1. The third-order valence-electron chi connectivity index (χ3n) is 4.29. The van der Waals surface area contributed by atoms with Gasteiger partial charge < -0.3 is 10.2 Å². The van der Waals surface area contributed by atoms with Crippen molar-refractivity contribution in [1.29, 1.82) is 0 Å².